The van der Waals surface area contributed by atoms with Gasteiger partial charge in [-0.15, -0.1) is 0 Å². The average Bonchev–Trinajstić information content (AvgIpc) is 2.34. The summed E-state index contributed by atoms with van der Waals surface area (Å²) >= 11 is 5.77. The third-order valence-electron chi connectivity index (χ3n) is 2.17. The van der Waals surface area contributed by atoms with Crippen molar-refractivity contribution in [1.29, 1.82) is 5.26 Å². The van der Waals surface area contributed by atoms with Crippen LogP contribution in [0.2, 0.25) is 5.02 Å². The lowest BCUT2D eigenvalue weighted by Gasteiger charge is -2.07. The van der Waals surface area contributed by atoms with Gasteiger partial charge < -0.3 is 10.5 Å². The van der Waals surface area contributed by atoms with E-state index in [1.54, 1.807) is 42.5 Å². The lowest BCUT2D eigenvalue weighted by molar-refractivity contribution is 0.481. The van der Waals surface area contributed by atoms with Crippen molar-refractivity contribution in [1.82, 2.24) is 0 Å². The molecule has 0 atom stereocenters. The normalized spacial score (nSPS) is 9.65. The van der Waals surface area contributed by atoms with Gasteiger partial charge in [0.2, 0.25) is 0 Å². The first-order valence-electron chi connectivity index (χ1n) is 4.92. The molecule has 0 radical (unpaired) electrons. The van der Waals surface area contributed by atoms with E-state index in [1.165, 1.54) is 0 Å². The highest BCUT2D eigenvalue weighted by Gasteiger charge is 2.04. The second-order valence-electron chi connectivity index (χ2n) is 3.42. The van der Waals surface area contributed by atoms with E-state index in [4.69, 9.17) is 27.3 Å². The Kier molecular flexibility index (Phi) is 3.17. The topological polar surface area (TPSA) is 59.0 Å². The largest absolute Gasteiger partial charge is 0.456 e. The zero-order chi connectivity index (χ0) is 12.3. The van der Waals surface area contributed by atoms with Gasteiger partial charge in [0.05, 0.1) is 5.56 Å². The molecule has 0 aliphatic heterocycles. The van der Waals surface area contributed by atoms with Gasteiger partial charge in [0.1, 0.15) is 17.6 Å². The molecule has 17 heavy (non-hydrogen) atoms. The van der Waals surface area contributed by atoms with Gasteiger partial charge in [0, 0.05) is 10.7 Å². The summed E-state index contributed by atoms with van der Waals surface area (Å²) in [6, 6.07) is 13.9. The molecule has 2 N–H and O–H groups in total. The zero-order valence-corrected chi connectivity index (χ0v) is 9.61. The van der Waals surface area contributed by atoms with Crippen LogP contribution in [0.15, 0.2) is 42.5 Å². The van der Waals surface area contributed by atoms with Gasteiger partial charge in [-0.05, 0) is 42.5 Å². The number of ether oxygens (including phenoxy) is 1. The third kappa shape index (κ3) is 2.68. The Morgan fingerprint density at radius 3 is 2.47 bits per heavy atom. The van der Waals surface area contributed by atoms with Crippen molar-refractivity contribution in [2.24, 2.45) is 0 Å². The quantitative estimate of drug-likeness (QED) is 0.822. The Labute approximate surface area is 104 Å². The Balaban J connectivity index is 2.30. The Morgan fingerprint density at radius 1 is 1.12 bits per heavy atom. The van der Waals surface area contributed by atoms with Crippen LogP contribution >= 0.6 is 11.6 Å². The number of rotatable bonds is 2. The van der Waals surface area contributed by atoms with Gasteiger partial charge in [-0.25, -0.2) is 0 Å². The van der Waals surface area contributed by atoms with Crippen LogP contribution in [0.4, 0.5) is 5.69 Å². The predicted octanol–water partition coefficient (Wildman–Crippen LogP) is 3.59. The summed E-state index contributed by atoms with van der Waals surface area (Å²) in [5.74, 6) is 1.10. The minimum Gasteiger partial charge on any atom is -0.456 e. The van der Waals surface area contributed by atoms with Gasteiger partial charge in [0.25, 0.3) is 0 Å². The summed E-state index contributed by atoms with van der Waals surface area (Å²) < 4.78 is 5.57. The first-order valence-corrected chi connectivity index (χ1v) is 5.30. The first kappa shape index (κ1) is 11.3. The zero-order valence-electron chi connectivity index (χ0n) is 8.85. The standard InChI is InChI=1S/C13H9ClN2O/c14-10-1-4-12(5-2-10)17-13-6-3-11(16)7-9(13)8-15/h1-7H,16H2. The monoisotopic (exact) mass is 244 g/mol. The molecule has 2 aromatic carbocycles. The molecule has 0 unspecified atom stereocenters. The molecule has 3 nitrogen and oxygen atoms in total. The highest BCUT2D eigenvalue weighted by molar-refractivity contribution is 6.30. The van der Waals surface area contributed by atoms with Crippen LogP contribution in [0.5, 0.6) is 11.5 Å². The number of hydrogen-bond acceptors (Lipinski definition) is 3. The van der Waals surface area contributed by atoms with E-state index < -0.39 is 0 Å². The summed E-state index contributed by atoms with van der Waals surface area (Å²) in [5, 5.41) is 9.59. The highest BCUT2D eigenvalue weighted by Crippen LogP contribution is 2.27. The highest BCUT2D eigenvalue weighted by atomic mass is 35.5. The van der Waals surface area contributed by atoms with E-state index in [-0.39, 0.29) is 0 Å². The molecule has 2 aromatic rings. The lowest BCUT2D eigenvalue weighted by atomic mass is 10.2. The minimum atomic E-state index is 0.403. The molecule has 0 spiro atoms. The van der Waals surface area contributed by atoms with Gasteiger partial charge >= 0.3 is 0 Å². The first-order chi connectivity index (χ1) is 8.19. The Hall–Kier alpha value is -2.18. The van der Waals surface area contributed by atoms with Crippen LogP contribution in [0.25, 0.3) is 0 Å². The number of benzene rings is 2. The van der Waals surface area contributed by atoms with E-state index >= 15 is 0 Å². The number of hydrogen-bond donors (Lipinski definition) is 1. The molecule has 84 valence electrons. The predicted molar refractivity (Wildman–Crippen MR) is 67.1 cm³/mol. The molecule has 4 heteroatoms. The Bertz CT molecular complexity index is 573. The summed E-state index contributed by atoms with van der Waals surface area (Å²) in [4.78, 5) is 0. The summed E-state index contributed by atoms with van der Waals surface area (Å²) in [6.45, 7) is 0. The summed E-state index contributed by atoms with van der Waals surface area (Å²) in [5.41, 5.74) is 6.53. The fourth-order valence-corrected chi connectivity index (χ4v) is 1.48. The van der Waals surface area contributed by atoms with Crippen molar-refractivity contribution < 1.29 is 4.74 Å². The third-order valence-corrected chi connectivity index (χ3v) is 2.42. The maximum atomic E-state index is 8.96. The van der Waals surface area contributed by atoms with Crippen LogP contribution in [-0.4, -0.2) is 0 Å². The van der Waals surface area contributed by atoms with Gasteiger partial charge in [-0.3, -0.25) is 0 Å². The molecule has 0 saturated heterocycles. The van der Waals surface area contributed by atoms with Crippen molar-refractivity contribution in [3.8, 4) is 17.6 Å². The smallest absolute Gasteiger partial charge is 0.145 e. The van der Waals surface area contributed by atoms with Gasteiger partial charge in [-0.1, -0.05) is 11.6 Å². The van der Waals surface area contributed by atoms with E-state index in [1.807, 2.05) is 6.07 Å². The van der Waals surface area contributed by atoms with Crippen LogP contribution in [-0.2, 0) is 0 Å². The van der Waals surface area contributed by atoms with Crippen molar-refractivity contribution in [3.05, 3.63) is 53.1 Å². The van der Waals surface area contributed by atoms with Crippen LogP contribution in [0, 0.1) is 11.3 Å². The number of nitrogen functional groups attached to an aromatic ring is 1. The average molecular weight is 245 g/mol. The molecule has 0 fully saturated rings. The van der Waals surface area contributed by atoms with Crippen LogP contribution < -0.4 is 10.5 Å². The number of halogens is 1. The fraction of sp³-hybridized carbons (Fsp3) is 0. The van der Waals surface area contributed by atoms with Crippen molar-refractivity contribution in [2.75, 3.05) is 5.73 Å². The van der Waals surface area contributed by atoms with Crippen molar-refractivity contribution in [2.45, 2.75) is 0 Å². The molecule has 2 rings (SSSR count). The maximum absolute atomic E-state index is 8.96. The molecule has 0 bridgehead atoms. The number of nitrogens with two attached hydrogens (primary N) is 1. The molecule has 0 amide bonds. The maximum Gasteiger partial charge on any atom is 0.145 e. The van der Waals surface area contributed by atoms with Crippen LogP contribution in [0.3, 0.4) is 0 Å². The van der Waals surface area contributed by atoms with Crippen molar-refractivity contribution >= 4 is 17.3 Å². The van der Waals surface area contributed by atoms with E-state index in [9.17, 15) is 0 Å². The SMILES string of the molecule is N#Cc1cc(N)ccc1Oc1ccc(Cl)cc1. The Morgan fingerprint density at radius 2 is 1.82 bits per heavy atom. The molecule has 0 saturated carbocycles. The molecular weight excluding hydrogens is 236 g/mol. The fourth-order valence-electron chi connectivity index (χ4n) is 1.35. The second kappa shape index (κ2) is 4.77. The van der Waals surface area contributed by atoms with E-state index in [0.29, 0.717) is 27.8 Å². The van der Waals surface area contributed by atoms with Gasteiger partial charge in [-0.2, -0.15) is 5.26 Å². The number of nitrogens with zero attached hydrogens (tertiary/aromatic N) is 1. The van der Waals surface area contributed by atoms with E-state index in [0.717, 1.165) is 0 Å². The summed E-state index contributed by atoms with van der Waals surface area (Å²) in [7, 11) is 0. The molecule has 0 aromatic heterocycles. The number of anilines is 1. The summed E-state index contributed by atoms with van der Waals surface area (Å²) in [6.07, 6.45) is 0. The molecule has 0 heterocycles. The second-order valence-corrected chi connectivity index (χ2v) is 3.86. The lowest BCUT2D eigenvalue weighted by Crippen LogP contribution is -1.91. The number of nitriles is 1. The van der Waals surface area contributed by atoms with Crippen molar-refractivity contribution in [3.63, 3.8) is 0 Å². The van der Waals surface area contributed by atoms with E-state index in [2.05, 4.69) is 0 Å². The molecule has 0 aliphatic rings. The molecule has 0 aliphatic carbocycles. The van der Waals surface area contributed by atoms with Gasteiger partial charge in [0.15, 0.2) is 0 Å². The minimum absolute atomic E-state index is 0.403. The molecular formula is C13H9ClN2O. The van der Waals surface area contributed by atoms with Crippen LogP contribution in [0.1, 0.15) is 5.56 Å².